The standard InChI is InChI=1S/C13H13NO2S/c1-9-2-7-12(17-9)8-14-11-5-3-10(4-6-11)13(15)16/h2-7,14H,8H2,1H3,(H,15,16)/p-1. The second-order valence-electron chi connectivity index (χ2n) is 3.73. The monoisotopic (exact) mass is 246 g/mol. The Labute approximate surface area is 104 Å². The number of thiophene rings is 1. The van der Waals surface area contributed by atoms with Crippen LogP contribution in [0.1, 0.15) is 20.1 Å². The summed E-state index contributed by atoms with van der Waals surface area (Å²) in [7, 11) is 0. The second-order valence-corrected chi connectivity index (χ2v) is 5.10. The Hall–Kier alpha value is -1.81. The molecule has 0 amide bonds. The normalized spacial score (nSPS) is 10.2. The van der Waals surface area contributed by atoms with Crippen LogP contribution in [-0.2, 0) is 6.54 Å². The summed E-state index contributed by atoms with van der Waals surface area (Å²) in [6.07, 6.45) is 0. The quantitative estimate of drug-likeness (QED) is 0.898. The van der Waals surface area contributed by atoms with Crippen molar-refractivity contribution in [1.82, 2.24) is 0 Å². The van der Waals surface area contributed by atoms with E-state index in [-0.39, 0.29) is 5.56 Å². The number of anilines is 1. The molecule has 0 aliphatic heterocycles. The van der Waals surface area contributed by atoms with Crippen LogP contribution in [0.15, 0.2) is 36.4 Å². The number of aromatic carboxylic acids is 1. The molecule has 88 valence electrons. The minimum absolute atomic E-state index is 0.197. The first kappa shape index (κ1) is 11.7. The second kappa shape index (κ2) is 5.01. The molecule has 0 atom stereocenters. The fourth-order valence-electron chi connectivity index (χ4n) is 1.49. The third-order valence-electron chi connectivity index (χ3n) is 2.38. The molecule has 0 spiro atoms. The lowest BCUT2D eigenvalue weighted by molar-refractivity contribution is -0.255. The number of hydrogen-bond acceptors (Lipinski definition) is 4. The molecule has 0 fully saturated rings. The van der Waals surface area contributed by atoms with Crippen molar-refractivity contribution in [2.24, 2.45) is 0 Å². The maximum Gasteiger partial charge on any atom is 0.0715 e. The molecule has 1 aromatic carbocycles. The molecule has 0 aliphatic carbocycles. The van der Waals surface area contributed by atoms with Crippen molar-refractivity contribution in [3.05, 3.63) is 51.7 Å². The van der Waals surface area contributed by atoms with Gasteiger partial charge in [0.05, 0.1) is 5.97 Å². The number of carbonyl (C=O) groups is 1. The summed E-state index contributed by atoms with van der Waals surface area (Å²) in [4.78, 5) is 13.1. The number of hydrogen-bond donors (Lipinski definition) is 1. The summed E-state index contributed by atoms with van der Waals surface area (Å²) in [5.41, 5.74) is 1.10. The van der Waals surface area contributed by atoms with E-state index in [1.54, 1.807) is 23.5 Å². The smallest absolute Gasteiger partial charge is 0.0715 e. The van der Waals surface area contributed by atoms with Crippen LogP contribution in [-0.4, -0.2) is 5.97 Å². The zero-order valence-electron chi connectivity index (χ0n) is 9.40. The zero-order chi connectivity index (χ0) is 12.3. The molecule has 0 radical (unpaired) electrons. The summed E-state index contributed by atoms with van der Waals surface area (Å²) >= 11 is 1.75. The molecule has 0 bridgehead atoms. The van der Waals surface area contributed by atoms with Crippen molar-refractivity contribution in [3.8, 4) is 0 Å². The van der Waals surface area contributed by atoms with Crippen LogP contribution in [0.25, 0.3) is 0 Å². The number of carboxylic acids is 1. The van der Waals surface area contributed by atoms with Crippen LogP contribution in [0, 0.1) is 6.92 Å². The summed E-state index contributed by atoms with van der Waals surface area (Å²) in [6.45, 7) is 2.83. The maximum atomic E-state index is 10.6. The molecule has 2 rings (SSSR count). The Balaban J connectivity index is 1.97. The Morgan fingerprint density at radius 3 is 2.47 bits per heavy atom. The number of carbonyl (C=O) groups excluding carboxylic acids is 1. The van der Waals surface area contributed by atoms with E-state index in [0.717, 1.165) is 12.2 Å². The molecule has 3 nitrogen and oxygen atoms in total. The molecule has 4 heteroatoms. The van der Waals surface area contributed by atoms with E-state index < -0.39 is 5.97 Å². The summed E-state index contributed by atoms with van der Waals surface area (Å²) in [6, 6.07) is 10.7. The van der Waals surface area contributed by atoms with Gasteiger partial charge < -0.3 is 15.2 Å². The average molecular weight is 246 g/mol. The van der Waals surface area contributed by atoms with E-state index in [1.807, 2.05) is 0 Å². The van der Waals surface area contributed by atoms with Gasteiger partial charge in [0.2, 0.25) is 0 Å². The molecule has 0 saturated carbocycles. The van der Waals surface area contributed by atoms with Gasteiger partial charge in [-0.25, -0.2) is 0 Å². The van der Waals surface area contributed by atoms with E-state index in [2.05, 4.69) is 24.4 Å². The fraction of sp³-hybridized carbons (Fsp3) is 0.154. The molecule has 0 unspecified atom stereocenters. The largest absolute Gasteiger partial charge is 0.545 e. The predicted octanol–water partition coefficient (Wildman–Crippen LogP) is 2.03. The van der Waals surface area contributed by atoms with Gasteiger partial charge in [-0.3, -0.25) is 0 Å². The minimum atomic E-state index is -1.15. The Kier molecular flexibility index (Phi) is 3.44. The SMILES string of the molecule is Cc1ccc(CNc2ccc(C(=O)[O-])cc2)s1. The molecule has 1 heterocycles. The van der Waals surface area contributed by atoms with Crippen LogP contribution in [0.2, 0.25) is 0 Å². The number of rotatable bonds is 4. The molecular formula is C13H12NO2S-. The number of carboxylic acid groups (broad SMARTS) is 1. The van der Waals surface area contributed by atoms with Gasteiger partial charge in [0, 0.05) is 22.0 Å². The molecular weight excluding hydrogens is 234 g/mol. The zero-order valence-corrected chi connectivity index (χ0v) is 10.2. The van der Waals surface area contributed by atoms with Gasteiger partial charge in [-0.1, -0.05) is 12.1 Å². The van der Waals surface area contributed by atoms with Crippen molar-refractivity contribution >= 4 is 23.0 Å². The van der Waals surface area contributed by atoms with Crippen LogP contribution in [0.5, 0.6) is 0 Å². The first-order chi connectivity index (χ1) is 8.15. The van der Waals surface area contributed by atoms with Crippen LogP contribution in [0.4, 0.5) is 5.69 Å². The number of aryl methyl sites for hydroxylation is 1. The van der Waals surface area contributed by atoms with E-state index in [4.69, 9.17) is 0 Å². The lowest BCUT2D eigenvalue weighted by Gasteiger charge is -2.06. The number of nitrogens with one attached hydrogen (secondary N) is 1. The van der Waals surface area contributed by atoms with Gasteiger partial charge in [-0.2, -0.15) is 0 Å². The van der Waals surface area contributed by atoms with Gasteiger partial charge in [-0.15, -0.1) is 11.3 Å². The maximum absolute atomic E-state index is 10.6. The number of benzene rings is 1. The van der Waals surface area contributed by atoms with E-state index in [1.165, 1.54) is 21.9 Å². The average Bonchev–Trinajstić information content (AvgIpc) is 2.73. The first-order valence-corrected chi connectivity index (χ1v) is 6.07. The van der Waals surface area contributed by atoms with E-state index >= 15 is 0 Å². The van der Waals surface area contributed by atoms with E-state index in [9.17, 15) is 9.90 Å². The third kappa shape index (κ3) is 3.07. The van der Waals surface area contributed by atoms with Crippen LogP contribution < -0.4 is 10.4 Å². The topological polar surface area (TPSA) is 52.2 Å². The highest BCUT2D eigenvalue weighted by Gasteiger charge is 1.98. The molecule has 0 aliphatic rings. The summed E-state index contributed by atoms with van der Waals surface area (Å²) in [5, 5.41) is 13.8. The summed E-state index contributed by atoms with van der Waals surface area (Å²) in [5.74, 6) is -1.15. The molecule has 0 saturated heterocycles. The minimum Gasteiger partial charge on any atom is -0.545 e. The highest BCUT2D eigenvalue weighted by Crippen LogP contribution is 2.17. The first-order valence-electron chi connectivity index (χ1n) is 5.26. The predicted molar refractivity (Wildman–Crippen MR) is 67.2 cm³/mol. The Bertz CT molecular complexity index is 516. The van der Waals surface area contributed by atoms with Gasteiger partial charge in [0.15, 0.2) is 0 Å². The molecule has 1 N–H and O–H groups in total. The van der Waals surface area contributed by atoms with Crippen molar-refractivity contribution in [2.45, 2.75) is 13.5 Å². The van der Waals surface area contributed by atoms with Crippen LogP contribution in [0.3, 0.4) is 0 Å². The van der Waals surface area contributed by atoms with Crippen LogP contribution >= 0.6 is 11.3 Å². The third-order valence-corrected chi connectivity index (χ3v) is 3.38. The van der Waals surface area contributed by atoms with E-state index in [0.29, 0.717) is 0 Å². The van der Waals surface area contributed by atoms with Gasteiger partial charge in [0.1, 0.15) is 0 Å². The van der Waals surface area contributed by atoms with Crippen molar-refractivity contribution in [3.63, 3.8) is 0 Å². The Morgan fingerprint density at radius 1 is 1.24 bits per heavy atom. The fourth-order valence-corrected chi connectivity index (χ4v) is 2.32. The molecule has 2 aromatic rings. The van der Waals surface area contributed by atoms with Gasteiger partial charge >= 0.3 is 0 Å². The highest BCUT2D eigenvalue weighted by molar-refractivity contribution is 7.11. The summed E-state index contributed by atoms with van der Waals surface area (Å²) < 4.78 is 0. The van der Waals surface area contributed by atoms with Crippen molar-refractivity contribution < 1.29 is 9.90 Å². The van der Waals surface area contributed by atoms with Gasteiger partial charge in [-0.05, 0) is 36.8 Å². The lowest BCUT2D eigenvalue weighted by atomic mass is 10.2. The lowest BCUT2D eigenvalue weighted by Crippen LogP contribution is -2.21. The van der Waals surface area contributed by atoms with Gasteiger partial charge in [0.25, 0.3) is 0 Å². The Morgan fingerprint density at radius 2 is 1.94 bits per heavy atom. The molecule has 17 heavy (non-hydrogen) atoms. The van der Waals surface area contributed by atoms with Crippen molar-refractivity contribution in [2.75, 3.05) is 5.32 Å². The van der Waals surface area contributed by atoms with Crippen molar-refractivity contribution in [1.29, 1.82) is 0 Å². The molecule has 1 aromatic heterocycles. The highest BCUT2D eigenvalue weighted by atomic mass is 32.1.